The van der Waals surface area contributed by atoms with Crippen LogP contribution < -0.4 is 10.5 Å². The van der Waals surface area contributed by atoms with Crippen molar-refractivity contribution in [2.75, 3.05) is 37.7 Å². The zero-order valence-electron chi connectivity index (χ0n) is 23.9. The Kier molecular flexibility index (Phi) is 17.0. The minimum atomic E-state index is -3.85. The molecule has 0 aliphatic carbocycles. The molecule has 0 spiro atoms. The maximum atomic E-state index is 13.5. The Bertz CT molecular complexity index is 1440. The molecule has 0 aliphatic rings. The molecule has 16 heteroatoms. The predicted molar refractivity (Wildman–Crippen MR) is 165 cm³/mol. The molecular formula is C28H34FN6O5S3Tc+. The zero-order valence-corrected chi connectivity index (χ0v) is 28.2. The molecule has 0 atom stereocenters. The number of unbranched alkanes of at least 4 members (excludes halogenated alkanes) is 2. The van der Waals surface area contributed by atoms with E-state index in [1.54, 1.807) is 35.0 Å². The Morgan fingerprint density at radius 3 is 2.30 bits per heavy atom. The van der Waals surface area contributed by atoms with E-state index in [9.17, 15) is 22.4 Å². The number of nitrogens with zero attached hydrogens (tertiary/aromatic N) is 4. The van der Waals surface area contributed by atoms with Gasteiger partial charge in [-0.15, -0.1) is 0 Å². The van der Waals surface area contributed by atoms with Gasteiger partial charge in [-0.1, -0.05) is 6.42 Å². The van der Waals surface area contributed by atoms with Gasteiger partial charge in [-0.2, -0.15) is 23.1 Å². The first-order valence-electron chi connectivity index (χ1n) is 13.6. The van der Waals surface area contributed by atoms with E-state index in [0.717, 1.165) is 31.7 Å². The van der Waals surface area contributed by atoms with Gasteiger partial charge in [-0.05, 0) is 80.5 Å². The van der Waals surface area contributed by atoms with E-state index >= 15 is 0 Å². The average Bonchev–Trinajstić information content (AvgIpc) is 3.44. The second-order valence-corrected chi connectivity index (χ2v) is 11.9. The van der Waals surface area contributed by atoms with Crippen LogP contribution in [0.2, 0.25) is 0 Å². The second kappa shape index (κ2) is 19.8. The van der Waals surface area contributed by atoms with Crippen LogP contribution in [0.4, 0.5) is 4.39 Å². The fourth-order valence-corrected chi connectivity index (χ4v) is 5.07. The molecule has 11 nitrogen and oxygen atoms in total. The van der Waals surface area contributed by atoms with Gasteiger partial charge in [0.2, 0.25) is 15.9 Å². The monoisotopic (exact) mass is 746 g/mol. The van der Waals surface area contributed by atoms with Gasteiger partial charge in [-0.25, -0.2) is 22.6 Å². The van der Waals surface area contributed by atoms with E-state index in [4.69, 9.17) is 33.9 Å². The number of nitrogens with two attached hydrogens (primary N) is 1. The van der Waals surface area contributed by atoms with Gasteiger partial charge in [0, 0.05) is 18.5 Å². The summed E-state index contributed by atoms with van der Waals surface area (Å²) in [6.45, 7) is 2.10. The summed E-state index contributed by atoms with van der Waals surface area (Å²) in [5, 5.41) is 16.6. The van der Waals surface area contributed by atoms with E-state index in [1.807, 2.05) is 4.90 Å². The summed E-state index contributed by atoms with van der Waals surface area (Å²) in [7, 11) is -3.85. The van der Waals surface area contributed by atoms with Crippen LogP contribution >= 0.6 is 0 Å². The van der Waals surface area contributed by atoms with E-state index in [-0.39, 0.29) is 35.6 Å². The molecule has 0 aliphatic heterocycles. The van der Waals surface area contributed by atoms with Crippen LogP contribution in [0.5, 0.6) is 0 Å². The molecule has 0 unspecified atom stereocenters. The molecular weight excluding hydrogens is 714 g/mol. The fourth-order valence-electron chi connectivity index (χ4n) is 4.20. The molecule has 44 heavy (non-hydrogen) atoms. The molecule has 1 heterocycles. The second-order valence-electron chi connectivity index (χ2n) is 9.53. The van der Waals surface area contributed by atoms with Crippen molar-refractivity contribution in [3.05, 3.63) is 71.4 Å². The minimum absolute atomic E-state index is 0.0328. The zero-order chi connectivity index (χ0) is 32.5. The Morgan fingerprint density at radius 2 is 1.68 bits per heavy atom. The third-order valence-corrected chi connectivity index (χ3v) is 7.59. The first kappa shape index (κ1) is 37.7. The van der Waals surface area contributed by atoms with E-state index < -0.39 is 10.0 Å². The molecule has 3 aromatic rings. The first-order valence-corrected chi connectivity index (χ1v) is 17.1. The summed E-state index contributed by atoms with van der Waals surface area (Å²) < 4.78 is 46.7. The van der Waals surface area contributed by atoms with Gasteiger partial charge in [0.15, 0.2) is 0 Å². The number of carbonyl (C=O) groups excluding carboxylic acids is 2. The number of hydrogen-bond acceptors (Lipinski definition) is 9. The molecule has 0 fully saturated rings. The van der Waals surface area contributed by atoms with E-state index in [0.29, 0.717) is 66.6 Å². The van der Waals surface area contributed by atoms with E-state index in [1.165, 1.54) is 24.3 Å². The average molecular weight is 748 g/mol. The topological polar surface area (TPSA) is 159 Å². The number of rotatable bonds is 17. The number of amides is 2. The van der Waals surface area contributed by atoms with Crippen LogP contribution in [0.3, 0.4) is 0 Å². The summed E-state index contributed by atoms with van der Waals surface area (Å²) in [5.74, 6) is 0.258. The van der Waals surface area contributed by atoms with Crippen LogP contribution in [-0.2, 0) is 73.8 Å². The summed E-state index contributed by atoms with van der Waals surface area (Å²) in [6.07, 6.45) is 2.67. The Hall–Kier alpha value is -2.46. The third kappa shape index (κ3) is 12.9. The molecule has 237 valence electrons. The van der Waals surface area contributed by atoms with Crippen molar-refractivity contribution in [1.82, 2.24) is 20.0 Å². The number of carbonyl (C=O) groups is 2. The van der Waals surface area contributed by atoms with Crippen LogP contribution in [0.1, 0.15) is 31.4 Å². The number of primary sulfonamides is 1. The van der Waals surface area contributed by atoms with Crippen molar-refractivity contribution >= 4 is 47.1 Å². The van der Waals surface area contributed by atoms with Gasteiger partial charge in [0.1, 0.15) is 5.82 Å². The number of sulfonamides is 1. The molecule has 1 aromatic heterocycles. The van der Waals surface area contributed by atoms with Crippen LogP contribution in [-0.4, -0.2) is 72.6 Å². The van der Waals surface area contributed by atoms with Crippen molar-refractivity contribution in [2.45, 2.75) is 37.1 Å². The molecule has 0 radical (unpaired) electrons. The predicted octanol–water partition coefficient (Wildman–Crippen LogP) is 2.68. The van der Waals surface area contributed by atoms with Crippen molar-refractivity contribution in [2.24, 2.45) is 5.14 Å². The summed E-state index contributed by atoms with van der Waals surface area (Å²) in [5.41, 5.74) is 2.48. The fraction of sp³-hybridized carbons (Fsp3) is 0.393. The van der Waals surface area contributed by atoms with Crippen molar-refractivity contribution in [3.63, 3.8) is 0 Å². The molecule has 0 saturated heterocycles. The van der Waals surface area contributed by atoms with Crippen molar-refractivity contribution < 1.29 is 44.8 Å². The summed E-state index contributed by atoms with van der Waals surface area (Å²) in [4.78, 5) is 26.4. The Balaban J connectivity index is 0.00000330. The Labute approximate surface area is 278 Å². The van der Waals surface area contributed by atoms with Crippen LogP contribution in [0.15, 0.2) is 59.5 Å². The molecule has 2 aromatic carbocycles. The molecule has 3 rings (SSSR count). The van der Waals surface area contributed by atoms with Crippen LogP contribution in [0, 0.1) is 5.82 Å². The van der Waals surface area contributed by atoms with Gasteiger partial charge >= 0.3 is 22.4 Å². The normalized spacial score (nSPS) is 11.2. The van der Waals surface area contributed by atoms with E-state index in [2.05, 4.69) is 15.7 Å². The SMILES string of the molecule is NS(=O)(=O)c1ccc(-n2nc(CNC(=O)CCCCCN(CC[S-])CC(=O)[N-]CC[S-])cc2-c2ccc(F)cc2)cc1.[O]=[Tc+4]. The summed E-state index contributed by atoms with van der Waals surface area (Å²) in [6, 6.07) is 13.6. The van der Waals surface area contributed by atoms with Gasteiger partial charge in [-0.3, -0.25) is 9.69 Å². The molecule has 2 amide bonds. The number of hydrogen-bond donors (Lipinski definition) is 2. The Morgan fingerprint density at radius 1 is 1.00 bits per heavy atom. The molecule has 0 bridgehead atoms. The summed E-state index contributed by atoms with van der Waals surface area (Å²) >= 11 is 10.8. The molecule has 0 saturated carbocycles. The van der Waals surface area contributed by atoms with Gasteiger partial charge in [0.05, 0.1) is 34.4 Å². The first-order chi connectivity index (χ1) is 21.1. The number of halogens is 1. The van der Waals surface area contributed by atoms with Gasteiger partial charge in [0.25, 0.3) is 0 Å². The molecule has 3 N–H and O–H groups in total. The van der Waals surface area contributed by atoms with Crippen molar-refractivity contribution in [3.8, 4) is 16.9 Å². The maximum absolute atomic E-state index is 13.5. The van der Waals surface area contributed by atoms with Crippen molar-refractivity contribution in [1.29, 1.82) is 0 Å². The van der Waals surface area contributed by atoms with Gasteiger partial charge < -0.3 is 40.7 Å². The third-order valence-electron chi connectivity index (χ3n) is 6.30. The standard InChI is InChI=1S/C28H37FN6O4S3.O.Tc/c29-22-7-5-21(6-8-22)26-18-23(33-35(26)24-9-11-25(12-10-24)42(30,38)39)19-32-27(36)4-2-1-3-14-34(15-17-41)20-28(37)31-13-16-40;;/h5-12,18H,1-4,13-17,19-20H2,(H6,30,31,32,36,37,38,39,40,41);;/q;;+4/p-3. The number of aromatic nitrogens is 2. The number of nitrogens with one attached hydrogen (secondary N) is 1. The van der Waals surface area contributed by atoms with Crippen LogP contribution in [0.25, 0.3) is 22.3 Å². The quantitative estimate of drug-likeness (QED) is 0.157. The number of benzene rings is 2.